The third kappa shape index (κ3) is 1.52. The van der Waals surface area contributed by atoms with E-state index >= 15 is 0 Å². The lowest BCUT2D eigenvalue weighted by Gasteiger charge is -2.11. The number of nitrogens with zero attached hydrogens (tertiary/aromatic N) is 3. The lowest BCUT2D eigenvalue weighted by atomic mass is 10.3. The molecule has 6 nitrogen and oxygen atoms in total. The zero-order valence-electron chi connectivity index (χ0n) is 8.10. The van der Waals surface area contributed by atoms with Crippen LogP contribution in [0.2, 0.25) is 0 Å². The van der Waals surface area contributed by atoms with Crippen molar-refractivity contribution in [3.05, 3.63) is 12.7 Å². The van der Waals surface area contributed by atoms with Crippen LogP contribution >= 0.6 is 0 Å². The summed E-state index contributed by atoms with van der Waals surface area (Å²) in [5, 5.41) is 3.21. The van der Waals surface area contributed by atoms with E-state index in [0.29, 0.717) is 0 Å². The first kappa shape index (κ1) is 8.60. The van der Waals surface area contributed by atoms with Crippen LogP contribution in [0.3, 0.4) is 0 Å². The summed E-state index contributed by atoms with van der Waals surface area (Å²) < 4.78 is 5.47. The van der Waals surface area contributed by atoms with Crippen LogP contribution in [0.15, 0.2) is 12.7 Å². The number of hydrogen-bond acceptors (Lipinski definition) is 5. The van der Waals surface area contributed by atoms with E-state index in [-0.39, 0.29) is 6.23 Å². The van der Waals surface area contributed by atoms with Gasteiger partial charge in [0.05, 0.1) is 6.33 Å². The number of fused-ring (bicyclic) bond motifs is 1. The fraction of sp³-hybridized carbons (Fsp3) is 0.444. The standard InChI is InChI=1S/C9H11N5O/c1-2-6(15-3-1)14-9-7-8(11-4-10-7)12-5-13-9/h4-6H,1-3H2,(H2,10,11,12,13,14)/t6-/m1/s1. The second-order valence-electron chi connectivity index (χ2n) is 3.47. The normalized spacial score (nSPS) is 20.9. The molecule has 78 valence electrons. The molecule has 0 bridgehead atoms. The van der Waals surface area contributed by atoms with Crippen molar-refractivity contribution in [1.82, 2.24) is 19.9 Å². The molecule has 0 saturated carbocycles. The first-order chi connectivity index (χ1) is 7.43. The van der Waals surface area contributed by atoms with Crippen molar-refractivity contribution in [2.24, 2.45) is 0 Å². The van der Waals surface area contributed by atoms with Gasteiger partial charge < -0.3 is 15.0 Å². The van der Waals surface area contributed by atoms with Gasteiger partial charge in [0.2, 0.25) is 0 Å². The second kappa shape index (κ2) is 3.47. The molecule has 0 aromatic carbocycles. The van der Waals surface area contributed by atoms with Gasteiger partial charge in [-0.3, -0.25) is 0 Å². The number of nitrogens with one attached hydrogen (secondary N) is 2. The zero-order chi connectivity index (χ0) is 10.1. The first-order valence-electron chi connectivity index (χ1n) is 4.96. The highest BCUT2D eigenvalue weighted by Crippen LogP contribution is 2.19. The Labute approximate surface area is 86.1 Å². The van der Waals surface area contributed by atoms with Crippen molar-refractivity contribution >= 4 is 17.0 Å². The van der Waals surface area contributed by atoms with Gasteiger partial charge in [-0.25, -0.2) is 15.0 Å². The summed E-state index contributed by atoms with van der Waals surface area (Å²) in [4.78, 5) is 15.3. The van der Waals surface area contributed by atoms with E-state index in [1.165, 1.54) is 6.33 Å². The predicted molar refractivity (Wildman–Crippen MR) is 54.3 cm³/mol. The molecule has 3 heterocycles. The van der Waals surface area contributed by atoms with E-state index in [1.54, 1.807) is 6.33 Å². The smallest absolute Gasteiger partial charge is 0.162 e. The SMILES string of the molecule is c1nc(N[C@H]2CCCO2)c2nc[nH]c2n1. The Hall–Kier alpha value is -1.69. The molecule has 0 unspecified atom stereocenters. The van der Waals surface area contributed by atoms with Gasteiger partial charge in [-0.05, 0) is 12.8 Å². The molecule has 0 aliphatic carbocycles. The Morgan fingerprint density at radius 1 is 1.40 bits per heavy atom. The number of anilines is 1. The van der Waals surface area contributed by atoms with Crippen molar-refractivity contribution in [3.63, 3.8) is 0 Å². The largest absolute Gasteiger partial charge is 0.359 e. The molecule has 1 saturated heterocycles. The molecule has 1 aliphatic rings. The van der Waals surface area contributed by atoms with Crippen LogP contribution in [-0.4, -0.2) is 32.8 Å². The van der Waals surface area contributed by atoms with Crippen molar-refractivity contribution in [1.29, 1.82) is 0 Å². The Morgan fingerprint density at radius 3 is 3.27 bits per heavy atom. The summed E-state index contributed by atoms with van der Waals surface area (Å²) in [5.74, 6) is 0.730. The summed E-state index contributed by atoms with van der Waals surface area (Å²) in [6, 6.07) is 0. The highest BCUT2D eigenvalue weighted by molar-refractivity contribution is 5.81. The molecule has 0 amide bonds. The van der Waals surface area contributed by atoms with Crippen LogP contribution in [0.1, 0.15) is 12.8 Å². The zero-order valence-corrected chi connectivity index (χ0v) is 8.10. The maximum absolute atomic E-state index is 5.47. The lowest BCUT2D eigenvalue weighted by molar-refractivity contribution is 0.131. The van der Waals surface area contributed by atoms with Crippen LogP contribution in [0.25, 0.3) is 11.2 Å². The average molecular weight is 205 g/mol. The number of rotatable bonds is 2. The highest BCUT2D eigenvalue weighted by Gasteiger charge is 2.17. The minimum absolute atomic E-state index is 0.0554. The molecule has 1 fully saturated rings. The van der Waals surface area contributed by atoms with Crippen molar-refractivity contribution < 1.29 is 4.74 Å². The van der Waals surface area contributed by atoms with Gasteiger partial charge in [-0.2, -0.15) is 0 Å². The molecule has 0 spiro atoms. The molecule has 3 rings (SSSR count). The number of ether oxygens (including phenoxy) is 1. The van der Waals surface area contributed by atoms with Crippen molar-refractivity contribution in [2.75, 3.05) is 11.9 Å². The van der Waals surface area contributed by atoms with Gasteiger partial charge in [-0.1, -0.05) is 0 Å². The van der Waals surface area contributed by atoms with E-state index in [4.69, 9.17) is 4.74 Å². The molecule has 1 aliphatic heterocycles. The minimum Gasteiger partial charge on any atom is -0.359 e. The van der Waals surface area contributed by atoms with Gasteiger partial charge >= 0.3 is 0 Å². The minimum atomic E-state index is 0.0554. The van der Waals surface area contributed by atoms with Crippen molar-refractivity contribution in [2.45, 2.75) is 19.1 Å². The Morgan fingerprint density at radius 2 is 2.40 bits per heavy atom. The van der Waals surface area contributed by atoms with E-state index in [0.717, 1.165) is 36.4 Å². The van der Waals surface area contributed by atoms with Crippen molar-refractivity contribution in [3.8, 4) is 0 Å². The number of hydrogen-bond donors (Lipinski definition) is 2. The van der Waals surface area contributed by atoms with Crippen LogP contribution < -0.4 is 5.32 Å². The molecular weight excluding hydrogens is 194 g/mol. The summed E-state index contributed by atoms with van der Waals surface area (Å²) in [6.45, 7) is 0.812. The number of H-pyrrole nitrogens is 1. The van der Waals surface area contributed by atoms with E-state index in [9.17, 15) is 0 Å². The topological polar surface area (TPSA) is 75.7 Å². The van der Waals surface area contributed by atoms with Crippen LogP contribution in [0, 0.1) is 0 Å². The fourth-order valence-electron chi connectivity index (χ4n) is 1.71. The maximum Gasteiger partial charge on any atom is 0.162 e. The quantitative estimate of drug-likeness (QED) is 0.761. The lowest BCUT2D eigenvalue weighted by Crippen LogP contribution is -2.18. The third-order valence-corrected chi connectivity index (χ3v) is 2.44. The predicted octanol–water partition coefficient (Wildman–Crippen LogP) is 0.901. The van der Waals surface area contributed by atoms with Gasteiger partial charge in [0, 0.05) is 6.61 Å². The maximum atomic E-state index is 5.47. The fourth-order valence-corrected chi connectivity index (χ4v) is 1.71. The van der Waals surface area contributed by atoms with E-state index in [2.05, 4.69) is 25.3 Å². The molecule has 2 aromatic rings. The number of aromatic nitrogens is 4. The summed E-state index contributed by atoms with van der Waals surface area (Å²) in [5.41, 5.74) is 1.50. The van der Waals surface area contributed by atoms with Crippen LogP contribution in [-0.2, 0) is 4.74 Å². The van der Waals surface area contributed by atoms with E-state index < -0.39 is 0 Å². The number of imidazole rings is 1. The Balaban J connectivity index is 1.92. The third-order valence-electron chi connectivity index (χ3n) is 2.44. The molecular formula is C9H11N5O. The van der Waals surface area contributed by atoms with Gasteiger partial charge in [-0.15, -0.1) is 0 Å². The average Bonchev–Trinajstić information content (AvgIpc) is 2.87. The molecule has 15 heavy (non-hydrogen) atoms. The van der Waals surface area contributed by atoms with Crippen LogP contribution in [0.5, 0.6) is 0 Å². The molecule has 0 radical (unpaired) electrons. The number of aromatic amines is 1. The van der Waals surface area contributed by atoms with Gasteiger partial charge in [0.1, 0.15) is 18.1 Å². The Bertz CT molecular complexity index is 462. The Kier molecular flexibility index (Phi) is 1.99. The molecule has 1 atom stereocenters. The van der Waals surface area contributed by atoms with Gasteiger partial charge in [0.15, 0.2) is 11.5 Å². The second-order valence-corrected chi connectivity index (χ2v) is 3.47. The highest BCUT2D eigenvalue weighted by atomic mass is 16.5. The molecule has 2 aromatic heterocycles. The monoisotopic (exact) mass is 205 g/mol. The van der Waals surface area contributed by atoms with Crippen LogP contribution in [0.4, 0.5) is 5.82 Å². The van der Waals surface area contributed by atoms with E-state index in [1.807, 2.05) is 0 Å². The summed E-state index contributed by atoms with van der Waals surface area (Å²) in [7, 11) is 0. The first-order valence-corrected chi connectivity index (χ1v) is 4.96. The molecule has 6 heteroatoms. The molecule has 2 N–H and O–H groups in total. The summed E-state index contributed by atoms with van der Waals surface area (Å²) >= 11 is 0. The van der Waals surface area contributed by atoms with Gasteiger partial charge in [0.25, 0.3) is 0 Å². The summed E-state index contributed by atoms with van der Waals surface area (Å²) in [6.07, 6.45) is 5.28.